The van der Waals surface area contributed by atoms with Gasteiger partial charge in [-0.05, 0) is 60.8 Å². The zero-order valence-electron chi connectivity index (χ0n) is 12.5. The molecule has 4 heteroatoms. The molecule has 2 nitrogen and oxygen atoms in total. The molecule has 0 radical (unpaired) electrons. The summed E-state index contributed by atoms with van der Waals surface area (Å²) in [6.07, 6.45) is 1.30. The van der Waals surface area contributed by atoms with Crippen LogP contribution in [0.15, 0.2) is 22.7 Å². The molecule has 1 aliphatic rings. The minimum absolute atomic E-state index is 0.200. The molecular formula is C16H23BrFNO. The first-order valence-corrected chi connectivity index (χ1v) is 8.00. The Kier molecular flexibility index (Phi) is 5.21. The van der Waals surface area contributed by atoms with Crippen LogP contribution in [0.25, 0.3) is 0 Å². The van der Waals surface area contributed by atoms with E-state index in [1.54, 1.807) is 6.07 Å². The lowest BCUT2D eigenvalue weighted by Crippen LogP contribution is -2.41. The van der Waals surface area contributed by atoms with Crippen molar-refractivity contribution in [3.8, 4) is 0 Å². The van der Waals surface area contributed by atoms with E-state index in [2.05, 4.69) is 42.0 Å². The molecule has 1 aromatic rings. The van der Waals surface area contributed by atoms with E-state index in [0.29, 0.717) is 16.3 Å². The summed E-state index contributed by atoms with van der Waals surface area (Å²) in [7, 11) is 1.97. The number of hydrogen-bond donors (Lipinski definition) is 1. The molecule has 0 amide bonds. The Labute approximate surface area is 129 Å². The zero-order valence-corrected chi connectivity index (χ0v) is 14.1. The predicted molar refractivity (Wildman–Crippen MR) is 83.3 cm³/mol. The van der Waals surface area contributed by atoms with Crippen LogP contribution in [0.1, 0.15) is 26.3 Å². The third-order valence-corrected chi connectivity index (χ3v) is 5.51. The molecule has 1 heterocycles. The van der Waals surface area contributed by atoms with Crippen molar-refractivity contribution in [3.63, 3.8) is 0 Å². The summed E-state index contributed by atoms with van der Waals surface area (Å²) in [5.74, 6) is 0.731. The van der Waals surface area contributed by atoms with Crippen molar-refractivity contribution in [3.05, 3.63) is 34.1 Å². The van der Waals surface area contributed by atoms with E-state index in [1.165, 1.54) is 6.07 Å². The molecular weight excluding hydrogens is 321 g/mol. The highest BCUT2D eigenvalue weighted by molar-refractivity contribution is 9.10. The summed E-state index contributed by atoms with van der Waals surface area (Å²) in [5, 5.41) is 3.40. The Hall–Kier alpha value is -0.450. The van der Waals surface area contributed by atoms with Gasteiger partial charge in [0, 0.05) is 12.0 Å². The van der Waals surface area contributed by atoms with Crippen molar-refractivity contribution in [2.24, 2.45) is 11.8 Å². The highest BCUT2D eigenvalue weighted by Crippen LogP contribution is 2.36. The summed E-state index contributed by atoms with van der Waals surface area (Å²) in [6, 6.07) is 5.51. The summed E-state index contributed by atoms with van der Waals surface area (Å²) >= 11 is 3.35. The van der Waals surface area contributed by atoms with Crippen LogP contribution in [0.3, 0.4) is 0 Å². The number of hydrogen-bond acceptors (Lipinski definition) is 2. The van der Waals surface area contributed by atoms with Crippen molar-refractivity contribution < 1.29 is 9.13 Å². The second-order valence-electron chi connectivity index (χ2n) is 5.80. The first-order chi connectivity index (χ1) is 9.45. The van der Waals surface area contributed by atoms with E-state index >= 15 is 0 Å². The number of likely N-dealkylation sites (N-methyl/N-ethyl adjacent to an activating group) is 1. The van der Waals surface area contributed by atoms with Gasteiger partial charge in [0.05, 0.1) is 16.7 Å². The molecule has 0 aromatic heterocycles. The maximum Gasteiger partial charge on any atom is 0.137 e. The van der Waals surface area contributed by atoms with Gasteiger partial charge < -0.3 is 10.1 Å². The molecule has 1 saturated heterocycles. The third kappa shape index (κ3) is 3.07. The Balaban J connectivity index is 2.19. The molecule has 0 aliphatic carbocycles. The van der Waals surface area contributed by atoms with Crippen LogP contribution < -0.4 is 5.32 Å². The van der Waals surface area contributed by atoms with Gasteiger partial charge in [-0.2, -0.15) is 0 Å². The number of ether oxygens (including phenoxy) is 1. The van der Waals surface area contributed by atoms with Crippen LogP contribution in [-0.2, 0) is 11.2 Å². The van der Waals surface area contributed by atoms with E-state index in [1.807, 2.05) is 13.1 Å². The van der Waals surface area contributed by atoms with Crippen molar-refractivity contribution in [1.82, 2.24) is 5.32 Å². The lowest BCUT2D eigenvalue weighted by molar-refractivity contribution is 0.0479. The number of benzene rings is 1. The van der Waals surface area contributed by atoms with Gasteiger partial charge in [-0.1, -0.05) is 19.1 Å². The highest BCUT2D eigenvalue weighted by Gasteiger charge is 2.41. The summed E-state index contributed by atoms with van der Waals surface area (Å²) < 4.78 is 20.1. The number of rotatable bonds is 4. The normalized spacial score (nSPS) is 31.5. The molecule has 20 heavy (non-hydrogen) atoms. The van der Waals surface area contributed by atoms with Gasteiger partial charge in [0.15, 0.2) is 0 Å². The van der Waals surface area contributed by atoms with E-state index in [9.17, 15) is 4.39 Å². The summed E-state index contributed by atoms with van der Waals surface area (Å²) in [4.78, 5) is 0. The third-order valence-electron chi connectivity index (χ3n) is 4.63. The average Bonchev–Trinajstić information content (AvgIpc) is 2.66. The molecule has 5 unspecified atom stereocenters. The van der Waals surface area contributed by atoms with Gasteiger partial charge >= 0.3 is 0 Å². The minimum Gasteiger partial charge on any atom is -0.375 e. The first-order valence-electron chi connectivity index (χ1n) is 7.21. The monoisotopic (exact) mass is 343 g/mol. The van der Waals surface area contributed by atoms with Crippen molar-refractivity contribution in [1.29, 1.82) is 0 Å². The summed E-state index contributed by atoms with van der Waals surface area (Å²) in [6.45, 7) is 6.51. The SMILES string of the molecule is CNC(Cc1cccc(F)c1Br)C1C(C)OC(C)C1C. The number of nitrogens with one attached hydrogen (secondary N) is 1. The predicted octanol–water partition coefficient (Wildman–Crippen LogP) is 3.78. The van der Waals surface area contributed by atoms with Crippen LogP contribution in [0, 0.1) is 17.7 Å². The number of halogens is 2. The van der Waals surface area contributed by atoms with Gasteiger partial charge in [-0.15, -0.1) is 0 Å². The Morgan fingerprint density at radius 2 is 2.00 bits per heavy atom. The van der Waals surface area contributed by atoms with E-state index in [0.717, 1.165) is 12.0 Å². The second-order valence-corrected chi connectivity index (χ2v) is 6.59. The lowest BCUT2D eigenvalue weighted by atomic mass is 9.81. The van der Waals surface area contributed by atoms with Gasteiger partial charge in [0.2, 0.25) is 0 Å². The minimum atomic E-state index is -0.200. The van der Waals surface area contributed by atoms with E-state index in [-0.39, 0.29) is 24.1 Å². The van der Waals surface area contributed by atoms with E-state index in [4.69, 9.17) is 4.74 Å². The molecule has 0 spiro atoms. The van der Waals surface area contributed by atoms with Gasteiger partial charge in [0.1, 0.15) is 5.82 Å². The van der Waals surface area contributed by atoms with Crippen LogP contribution in [-0.4, -0.2) is 25.3 Å². The van der Waals surface area contributed by atoms with Gasteiger partial charge in [0.25, 0.3) is 0 Å². The maximum atomic E-state index is 13.6. The quantitative estimate of drug-likeness (QED) is 0.898. The molecule has 2 rings (SSSR count). The molecule has 1 aromatic carbocycles. The van der Waals surface area contributed by atoms with Gasteiger partial charge in [-0.25, -0.2) is 4.39 Å². The van der Waals surface area contributed by atoms with Gasteiger partial charge in [-0.3, -0.25) is 0 Å². The van der Waals surface area contributed by atoms with Crippen LogP contribution >= 0.6 is 15.9 Å². The Bertz CT molecular complexity index is 468. The fourth-order valence-corrected chi connectivity index (χ4v) is 3.79. The smallest absolute Gasteiger partial charge is 0.137 e. The topological polar surface area (TPSA) is 21.3 Å². The van der Waals surface area contributed by atoms with Crippen LogP contribution in [0.2, 0.25) is 0 Å². The maximum absolute atomic E-state index is 13.6. The molecule has 5 atom stereocenters. The lowest BCUT2D eigenvalue weighted by Gasteiger charge is -2.29. The Morgan fingerprint density at radius 3 is 2.55 bits per heavy atom. The zero-order chi connectivity index (χ0) is 14.9. The standard InChI is InChI=1S/C16H23BrFNO/c1-9-10(2)20-11(3)15(9)14(19-4)8-12-6-5-7-13(18)16(12)17/h5-7,9-11,14-15,19H,8H2,1-4H3. The first kappa shape index (κ1) is 15.9. The van der Waals surface area contributed by atoms with Crippen molar-refractivity contribution in [2.75, 3.05) is 7.05 Å². The van der Waals surface area contributed by atoms with Crippen LogP contribution in [0.4, 0.5) is 4.39 Å². The Morgan fingerprint density at radius 1 is 1.30 bits per heavy atom. The van der Waals surface area contributed by atoms with Crippen LogP contribution in [0.5, 0.6) is 0 Å². The highest BCUT2D eigenvalue weighted by atomic mass is 79.9. The molecule has 0 bridgehead atoms. The largest absolute Gasteiger partial charge is 0.375 e. The molecule has 1 aliphatic heterocycles. The molecule has 0 saturated carbocycles. The van der Waals surface area contributed by atoms with E-state index < -0.39 is 0 Å². The molecule has 112 valence electrons. The molecule has 1 fully saturated rings. The molecule has 1 N–H and O–H groups in total. The average molecular weight is 344 g/mol. The fourth-order valence-electron chi connectivity index (χ4n) is 3.36. The fraction of sp³-hybridized carbons (Fsp3) is 0.625. The van der Waals surface area contributed by atoms with Crippen molar-refractivity contribution in [2.45, 2.75) is 45.4 Å². The second kappa shape index (κ2) is 6.54. The van der Waals surface area contributed by atoms with Crippen molar-refractivity contribution >= 4 is 15.9 Å². The summed E-state index contributed by atoms with van der Waals surface area (Å²) in [5.41, 5.74) is 1.00.